The van der Waals surface area contributed by atoms with Gasteiger partial charge in [0.25, 0.3) is 0 Å². The van der Waals surface area contributed by atoms with Gasteiger partial charge in [-0.05, 0) is 0 Å². The Balaban J connectivity index is 1.95. The van der Waals surface area contributed by atoms with Crippen molar-refractivity contribution in [3.8, 4) is 0 Å². The van der Waals surface area contributed by atoms with E-state index in [2.05, 4.69) is 19.5 Å². The van der Waals surface area contributed by atoms with Crippen LogP contribution in [0.2, 0.25) is 0 Å². The van der Waals surface area contributed by atoms with E-state index in [4.69, 9.17) is 19.6 Å². The topological polar surface area (TPSA) is 194 Å². The van der Waals surface area contributed by atoms with E-state index in [9.17, 15) is 19.6 Å². The summed E-state index contributed by atoms with van der Waals surface area (Å²) in [4.78, 5) is 41.8. The van der Waals surface area contributed by atoms with Crippen molar-refractivity contribution < 1.29 is 43.7 Å². The molecule has 13 nitrogen and oxygen atoms in total. The first-order valence-electron chi connectivity index (χ1n) is 6.57. The smallest absolute Gasteiger partial charge is 0.394 e. The maximum Gasteiger partial charge on any atom is 0.472 e. The fraction of sp³-hybridized carbons (Fsp3) is 0.600. The monoisotopic (exact) mass is 364 g/mol. The lowest BCUT2D eigenvalue weighted by molar-refractivity contribution is -0.129. The highest BCUT2D eigenvalue weighted by molar-refractivity contribution is 7.46. The number of hydrogen-bond acceptors (Lipinski definition) is 10. The molecule has 14 heteroatoms. The first-order valence-corrected chi connectivity index (χ1v) is 8.10. The second-order valence-corrected chi connectivity index (χ2v) is 6.27. The number of fused-ring (bicyclic) bond motifs is 1. The van der Waals surface area contributed by atoms with E-state index in [1.54, 1.807) is 0 Å². The summed E-state index contributed by atoms with van der Waals surface area (Å²) >= 11 is 0. The van der Waals surface area contributed by atoms with Crippen molar-refractivity contribution in [1.29, 1.82) is 0 Å². The largest absolute Gasteiger partial charge is 0.472 e. The Morgan fingerprint density at radius 2 is 2.08 bits per heavy atom. The first-order chi connectivity index (χ1) is 11.2. The second-order valence-electron chi connectivity index (χ2n) is 5.11. The number of phosphoric ester groups is 1. The van der Waals surface area contributed by atoms with Crippen LogP contribution >= 0.6 is 7.82 Å². The summed E-state index contributed by atoms with van der Waals surface area (Å²) in [5, 5.41) is 28.9. The van der Waals surface area contributed by atoms with Gasteiger partial charge in [0.15, 0.2) is 12.1 Å². The van der Waals surface area contributed by atoms with Gasteiger partial charge in [-0.15, -0.1) is 0 Å². The second kappa shape index (κ2) is 5.75. The molecule has 1 unspecified atom stereocenters. The van der Waals surface area contributed by atoms with Crippen LogP contribution in [0.1, 0.15) is 0 Å². The Labute approximate surface area is 133 Å². The van der Waals surface area contributed by atoms with E-state index < -0.39 is 56.4 Å². The zero-order valence-corrected chi connectivity index (χ0v) is 12.7. The number of ether oxygens (including phenoxy) is 1. The van der Waals surface area contributed by atoms with Crippen molar-refractivity contribution in [3.63, 3.8) is 0 Å². The van der Waals surface area contributed by atoms with Gasteiger partial charge < -0.3 is 29.8 Å². The fourth-order valence-electron chi connectivity index (χ4n) is 2.53. The van der Waals surface area contributed by atoms with Gasteiger partial charge in [-0.25, -0.2) is 19.1 Å². The average Bonchev–Trinajstić information content (AvgIpc) is 2.99. The van der Waals surface area contributed by atoms with E-state index in [0.717, 1.165) is 17.6 Å². The van der Waals surface area contributed by atoms with Gasteiger partial charge in [0.05, 0.1) is 12.9 Å². The summed E-state index contributed by atoms with van der Waals surface area (Å²) in [5.41, 5.74) is -2.51. The number of aliphatic hydroxyl groups is 3. The third-order valence-electron chi connectivity index (χ3n) is 3.60. The van der Waals surface area contributed by atoms with Crippen molar-refractivity contribution >= 4 is 32.2 Å². The molecule has 1 fully saturated rings. The van der Waals surface area contributed by atoms with Crippen LogP contribution in [0.25, 0.3) is 0 Å². The molecule has 5 N–H and O–H groups in total. The third kappa shape index (κ3) is 2.60. The van der Waals surface area contributed by atoms with Crippen LogP contribution < -0.4 is 0 Å². The van der Waals surface area contributed by atoms with E-state index >= 15 is 0 Å². The minimum atomic E-state index is -5.16. The molecule has 0 aromatic heterocycles. The van der Waals surface area contributed by atoms with E-state index in [0.29, 0.717) is 0 Å². The Kier molecular flexibility index (Phi) is 4.14. The summed E-state index contributed by atoms with van der Waals surface area (Å²) < 4.78 is 21.0. The number of amides is 1. The van der Waals surface area contributed by atoms with Crippen molar-refractivity contribution in [1.82, 2.24) is 4.90 Å². The normalized spacial score (nSPS) is 38.6. The van der Waals surface area contributed by atoms with Crippen molar-refractivity contribution in [2.45, 2.75) is 30.3 Å². The van der Waals surface area contributed by atoms with Crippen molar-refractivity contribution in [3.05, 3.63) is 0 Å². The van der Waals surface area contributed by atoms with Gasteiger partial charge in [0, 0.05) is 0 Å². The summed E-state index contributed by atoms with van der Waals surface area (Å²) in [6.45, 7) is -0.587. The fourth-order valence-corrected chi connectivity index (χ4v) is 3.08. The lowest BCUT2D eigenvalue weighted by Gasteiger charge is -2.31. The summed E-state index contributed by atoms with van der Waals surface area (Å²) in [6.07, 6.45) is -3.63. The molecule has 0 aromatic carbocycles. The molecule has 0 saturated carbocycles. The van der Waals surface area contributed by atoms with E-state index in [1.807, 2.05) is 0 Å². The lowest BCUT2D eigenvalue weighted by Crippen LogP contribution is -2.54. The van der Waals surface area contributed by atoms with Crippen LogP contribution in [-0.4, -0.2) is 91.3 Å². The number of aliphatic hydroxyl groups excluding tert-OH is 3. The molecule has 3 aliphatic rings. The van der Waals surface area contributed by atoms with Gasteiger partial charge in [-0.1, -0.05) is 0 Å². The molecule has 3 heterocycles. The van der Waals surface area contributed by atoms with Gasteiger partial charge in [0.1, 0.15) is 24.7 Å². The molecule has 0 bridgehead atoms. The van der Waals surface area contributed by atoms with E-state index in [-0.39, 0.29) is 0 Å². The van der Waals surface area contributed by atoms with Crippen molar-refractivity contribution in [2.75, 3.05) is 6.61 Å². The van der Waals surface area contributed by atoms with Crippen molar-refractivity contribution in [2.24, 2.45) is 15.0 Å². The number of rotatable bonds is 4. The molecule has 1 saturated heterocycles. The highest BCUT2D eigenvalue weighted by atomic mass is 31.2. The molecule has 3 aliphatic heterocycles. The maximum atomic E-state index is 12.0. The number of amidine groups is 1. The zero-order valence-electron chi connectivity index (χ0n) is 11.8. The summed E-state index contributed by atoms with van der Waals surface area (Å²) in [7, 11) is -5.16. The third-order valence-corrected chi connectivity index (χ3v) is 4.10. The number of hydrogen-bond donors (Lipinski definition) is 5. The molecule has 132 valence electrons. The Morgan fingerprint density at radius 3 is 2.67 bits per heavy atom. The Morgan fingerprint density at radius 1 is 1.38 bits per heavy atom. The highest BCUT2D eigenvalue weighted by Gasteiger charge is 2.59. The van der Waals surface area contributed by atoms with Crippen LogP contribution in [0, 0.1) is 0 Å². The van der Waals surface area contributed by atoms with Gasteiger partial charge >= 0.3 is 19.5 Å². The molecule has 5 atom stereocenters. The summed E-state index contributed by atoms with van der Waals surface area (Å²) in [6, 6.07) is 0. The molecule has 24 heavy (non-hydrogen) atoms. The predicted octanol–water partition coefficient (Wildman–Crippen LogP) is -3.46. The Hall–Kier alpha value is -1.57. The molecule has 0 aliphatic carbocycles. The molecular weight excluding hydrogens is 351 g/mol. The predicted molar refractivity (Wildman–Crippen MR) is 74.9 cm³/mol. The molecule has 0 aromatic rings. The molecular formula is C10H13N4O9P. The molecule has 1 amide bonds. The van der Waals surface area contributed by atoms with Crippen LogP contribution in [0.15, 0.2) is 15.0 Å². The van der Waals surface area contributed by atoms with Gasteiger partial charge in [-0.2, -0.15) is 4.99 Å². The van der Waals surface area contributed by atoms with Crippen LogP contribution in [-0.2, 0) is 18.6 Å². The first kappa shape index (κ1) is 17.3. The number of phosphoric acid groups is 1. The molecule has 0 radical (unpaired) electrons. The van der Waals surface area contributed by atoms with Gasteiger partial charge in [-0.3, -0.25) is 9.69 Å². The van der Waals surface area contributed by atoms with E-state index in [1.165, 1.54) is 0 Å². The van der Waals surface area contributed by atoms with Gasteiger partial charge in [0.2, 0.25) is 0 Å². The molecule has 3 rings (SSSR count). The van der Waals surface area contributed by atoms with Crippen LogP contribution in [0.3, 0.4) is 0 Å². The highest BCUT2D eigenvalue weighted by Crippen LogP contribution is 2.45. The summed E-state index contributed by atoms with van der Waals surface area (Å²) in [5.74, 6) is -1.54. The standard InChI is InChI=1S/C10H13N4O9P/c15-1-4-5(16)6(17)7(22-4)14-3-13-10(23-24(19,20)21)8(14)11-2-12-9(10)18/h2-7,15-17H,1H2,(H2,19,20,21)/t4-,5-,6-,7-,10?/m1/s1. The quantitative estimate of drug-likeness (QED) is 0.313. The number of aliphatic imine (C=N–C) groups is 3. The zero-order chi connectivity index (χ0) is 17.7. The average molecular weight is 364 g/mol. The maximum absolute atomic E-state index is 12.0. The minimum absolute atomic E-state index is 0.402. The Bertz CT molecular complexity index is 690. The molecule has 0 spiro atoms. The lowest BCUT2D eigenvalue weighted by atomic mass is 10.1. The van der Waals surface area contributed by atoms with Crippen LogP contribution in [0.4, 0.5) is 0 Å². The number of carbonyl (C=O) groups excluding carboxylic acids is 1. The number of nitrogens with zero attached hydrogens (tertiary/aromatic N) is 4. The number of carbonyl (C=O) groups is 1. The SMILES string of the molecule is O=C1N=CN=C2N([C@@H]3O[C@H](CO)[C@@H](O)[C@H]3O)C=NC12OP(=O)(O)O. The van der Waals surface area contributed by atoms with Crippen LogP contribution in [0.5, 0.6) is 0 Å². The minimum Gasteiger partial charge on any atom is -0.394 e.